The number of hydrogen-bond donors (Lipinski definition) is 2. The molecule has 2 heterocycles. The number of carbonyl (C=O) groups is 1. The van der Waals surface area contributed by atoms with Crippen molar-refractivity contribution in [2.24, 2.45) is 7.05 Å². The first kappa shape index (κ1) is 14.0. The number of morpholine rings is 1. The van der Waals surface area contributed by atoms with Crippen molar-refractivity contribution in [3.63, 3.8) is 0 Å². The lowest BCUT2D eigenvalue weighted by atomic mass is 10.2. The third-order valence-corrected chi connectivity index (χ3v) is 2.51. The largest absolute Gasteiger partial charge is 0.375 e. The van der Waals surface area contributed by atoms with Crippen LogP contribution in [0.2, 0.25) is 0 Å². The van der Waals surface area contributed by atoms with Crippen LogP contribution in [0.4, 0.5) is 5.82 Å². The molecule has 0 aliphatic carbocycles. The molecule has 96 valence electrons. The highest BCUT2D eigenvalue weighted by atomic mass is 35.5. The van der Waals surface area contributed by atoms with E-state index in [1.54, 1.807) is 24.0 Å². The monoisotopic (exact) mass is 260 g/mol. The third kappa shape index (κ3) is 3.99. The first-order valence-electron chi connectivity index (χ1n) is 5.36. The van der Waals surface area contributed by atoms with Crippen LogP contribution in [0, 0.1) is 0 Å². The number of nitrogens with one attached hydrogen (secondary N) is 2. The normalized spacial score (nSPS) is 19.5. The van der Waals surface area contributed by atoms with Gasteiger partial charge in [0, 0.05) is 26.2 Å². The molecule has 0 saturated carbocycles. The molecule has 1 aromatic rings. The summed E-state index contributed by atoms with van der Waals surface area (Å²) in [6, 6.07) is 1.76. The van der Waals surface area contributed by atoms with E-state index in [9.17, 15) is 4.79 Å². The number of amides is 1. The number of ether oxygens (including phenoxy) is 1. The molecule has 1 aliphatic heterocycles. The molecule has 1 amide bonds. The van der Waals surface area contributed by atoms with Crippen LogP contribution in [0.25, 0.3) is 0 Å². The van der Waals surface area contributed by atoms with E-state index in [-0.39, 0.29) is 24.4 Å². The van der Waals surface area contributed by atoms with E-state index in [0.717, 1.165) is 13.1 Å². The van der Waals surface area contributed by atoms with Crippen molar-refractivity contribution in [1.82, 2.24) is 15.1 Å². The Morgan fingerprint density at radius 1 is 1.76 bits per heavy atom. The van der Waals surface area contributed by atoms with Crippen LogP contribution in [0.5, 0.6) is 0 Å². The molecule has 1 saturated heterocycles. The number of halogens is 1. The first-order valence-corrected chi connectivity index (χ1v) is 5.36. The fourth-order valence-electron chi connectivity index (χ4n) is 1.65. The van der Waals surface area contributed by atoms with Crippen LogP contribution < -0.4 is 10.6 Å². The number of carbonyl (C=O) groups excluding carboxylic acids is 1. The van der Waals surface area contributed by atoms with Crippen molar-refractivity contribution in [2.45, 2.75) is 12.5 Å². The van der Waals surface area contributed by atoms with Gasteiger partial charge in [0.05, 0.1) is 25.3 Å². The van der Waals surface area contributed by atoms with Crippen LogP contribution in [0.3, 0.4) is 0 Å². The van der Waals surface area contributed by atoms with Gasteiger partial charge < -0.3 is 15.4 Å². The molecule has 6 nitrogen and oxygen atoms in total. The summed E-state index contributed by atoms with van der Waals surface area (Å²) in [6.45, 7) is 2.27. The maximum absolute atomic E-state index is 11.7. The molecule has 17 heavy (non-hydrogen) atoms. The van der Waals surface area contributed by atoms with Gasteiger partial charge in [0.2, 0.25) is 5.91 Å². The van der Waals surface area contributed by atoms with Gasteiger partial charge in [-0.25, -0.2) is 0 Å². The summed E-state index contributed by atoms with van der Waals surface area (Å²) in [4.78, 5) is 11.7. The molecule has 1 aromatic heterocycles. The van der Waals surface area contributed by atoms with E-state index in [1.165, 1.54) is 0 Å². The fourth-order valence-corrected chi connectivity index (χ4v) is 1.65. The Hall–Kier alpha value is -1.11. The molecule has 1 fully saturated rings. The maximum atomic E-state index is 11.7. The summed E-state index contributed by atoms with van der Waals surface area (Å²) >= 11 is 0. The van der Waals surface area contributed by atoms with Crippen LogP contribution in [-0.4, -0.2) is 41.5 Å². The third-order valence-electron chi connectivity index (χ3n) is 2.51. The number of anilines is 1. The Balaban J connectivity index is 0.00000144. The highest BCUT2D eigenvalue weighted by Gasteiger charge is 2.17. The van der Waals surface area contributed by atoms with Crippen molar-refractivity contribution >= 4 is 24.1 Å². The Labute approximate surface area is 106 Å². The average molecular weight is 261 g/mol. The average Bonchev–Trinajstić information content (AvgIpc) is 2.66. The zero-order valence-corrected chi connectivity index (χ0v) is 10.5. The number of rotatable bonds is 3. The minimum atomic E-state index is -0.0442. The second-order valence-corrected chi connectivity index (χ2v) is 3.79. The minimum absolute atomic E-state index is 0. The summed E-state index contributed by atoms with van der Waals surface area (Å²) in [6.07, 6.45) is 1.99. The van der Waals surface area contributed by atoms with Crippen molar-refractivity contribution < 1.29 is 9.53 Å². The zero-order chi connectivity index (χ0) is 11.4. The summed E-state index contributed by atoms with van der Waals surface area (Å²) in [5.41, 5.74) is 0. The fraction of sp³-hybridized carbons (Fsp3) is 0.600. The van der Waals surface area contributed by atoms with Crippen molar-refractivity contribution in [3.8, 4) is 0 Å². The molecule has 2 N–H and O–H groups in total. The standard InChI is InChI=1S/C10H16N4O2.ClH/c1-14-9(2-3-12-14)13-10(15)6-8-7-11-4-5-16-8;/h2-3,8,11H,4-7H2,1H3,(H,13,15);1H. The summed E-state index contributed by atoms with van der Waals surface area (Å²) < 4.78 is 7.08. The maximum Gasteiger partial charge on any atom is 0.228 e. The second-order valence-electron chi connectivity index (χ2n) is 3.79. The number of hydrogen-bond acceptors (Lipinski definition) is 4. The summed E-state index contributed by atoms with van der Waals surface area (Å²) in [5, 5.41) is 9.95. The predicted molar refractivity (Wildman–Crippen MR) is 66.3 cm³/mol. The number of aromatic nitrogens is 2. The van der Waals surface area contributed by atoms with Gasteiger partial charge in [-0.1, -0.05) is 0 Å². The zero-order valence-electron chi connectivity index (χ0n) is 9.68. The molecule has 1 unspecified atom stereocenters. The Morgan fingerprint density at radius 3 is 3.18 bits per heavy atom. The van der Waals surface area contributed by atoms with Crippen molar-refractivity contribution in [2.75, 3.05) is 25.0 Å². The molecule has 1 atom stereocenters. The van der Waals surface area contributed by atoms with Crippen molar-refractivity contribution in [1.29, 1.82) is 0 Å². The van der Waals surface area contributed by atoms with Gasteiger partial charge in [-0.3, -0.25) is 9.48 Å². The van der Waals surface area contributed by atoms with Crippen molar-refractivity contribution in [3.05, 3.63) is 12.3 Å². The molecular weight excluding hydrogens is 244 g/mol. The SMILES string of the molecule is Cl.Cn1nccc1NC(=O)CC1CNCCO1. The highest BCUT2D eigenvalue weighted by molar-refractivity contribution is 5.90. The van der Waals surface area contributed by atoms with E-state index in [4.69, 9.17) is 4.74 Å². The van der Waals surface area contributed by atoms with Gasteiger partial charge >= 0.3 is 0 Å². The van der Waals surface area contributed by atoms with Gasteiger partial charge in [0.1, 0.15) is 5.82 Å². The van der Waals surface area contributed by atoms with Crippen LogP contribution in [-0.2, 0) is 16.6 Å². The molecule has 0 radical (unpaired) electrons. The molecule has 0 spiro atoms. The smallest absolute Gasteiger partial charge is 0.228 e. The quantitative estimate of drug-likeness (QED) is 0.812. The van der Waals surface area contributed by atoms with E-state index < -0.39 is 0 Å². The lowest BCUT2D eigenvalue weighted by Crippen LogP contribution is -2.40. The molecule has 2 rings (SSSR count). The molecule has 1 aliphatic rings. The molecular formula is C10H17ClN4O2. The molecule has 0 bridgehead atoms. The second kappa shape index (κ2) is 6.58. The van der Waals surface area contributed by atoms with Gasteiger partial charge in [-0.2, -0.15) is 5.10 Å². The number of aryl methyl sites for hydroxylation is 1. The summed E-state index contributed by atoms with van der Waals surface area (Å²) in [7, 11) is 1.79. The van der Waals surface area contributed by atoms with E-state index >= 15 is 0 Å². The van der Waals surface area contributed by atoms with E-state index in [1.807, 2.05) is 0 Å². The topological polar surface area (TPSA) is 68.2 Å². The van der Waals surface area contributed by atoms with Gasteiger partial charge in [0.15, 0.2) is 0 Å². The van der Waals surface area contributed by atoms with Gasteiger partial charge in [0.25, 0.3) is 0 Å². The minimum Gasteiger partial charge on any atom is -0.375 e. The van der Waals surface area contributed by atoms with Gasteiger partial charge in [-0.05, 0) is 0 Å². The predicted octanol–water partition coefficient (Wildman–Crippen LogP) is 0.159. The Bertz CT molecular complexity index is 363. The van der Waals surface area contributed by atoms with E-state index in [0.29, 0.717) is 18.8 Å². The Morgan fingerprint density at radius 2 is 2.59 bits per heavy atom. The van der Waals surface area contributed by atoms with Crippen LogP contribution in [0.15, 0.2) is 12.3 Å². The molecule has 0 aromatic carbocycles. The Kier molecular flexibility index (Phi) is 5.40. The van der Waals surface area contributed by atoms with Gasteiger partial charge in [-0.15, -0.1) is 12.4 Å². The van der Waals surface area contributed by atoms with Crippen LogP contribution in [0.1, 0.15) is 6.42 Å². The lowest BCUT2D eigenvalue weighted by molar-refractivity contribution is -0.119. The lowest BCUT2D eigenvalue weighted by Gasteiger charge is -2.22. The number of nitrogens with zero attached hydrogens (tertiary/aromatic N) is 2. The molecule has 7 heteroatoms. The van der Waals surface area contributed by atoms with E-state index in [2.05, 4.69) is 15.7 Å². The summed E-state index contributed by atoms with van der Waals surface area (Å²) in [5.74, 6) is 0.658. The van der Waals surface area contributed by atoms with Crippen LogP contribution >= 0.6 is 12.4 Å². The first-order chi connectivity index (χ1) is 7.75. The highest BCUT2D eigenvalue weighted by Crippen LogP contribution is 2.07.